The van der Waals surface area contributed by atoms with Crippen LogP contribution in [0.15, 0.2) is 52.1 Å². The van der Waals surface area contributed by atoms with Gasteiger partial charge in [0.1, 0.15) is 5.75 Å². The number of hydrogen-bond acceptors (Lipinski definition) is 5. The van der Waals surface area contributed by atoms with Gasteiger partial charge in [-0.1, -0.05) is 18.6 Å². The van der Waals surface area contributed by atoms with E-state index in [0.29, 0.717) is 34.8 Å². The van der Waals surface area contributed by atoms with Gasteiger partial charge in [-0.3, -0.25) is 14.2 Å². The van der Waals surface area contributed by atoms with E-state index in [9.17, 15) is 14.4 Å². The van der Waals surface area contributed by atoms with Gasteiger partial charge in [0.2, 0.25) is 0 Å². The molecular weight excluding hydrogens is 432 g/mol. The van der Waals surface area contributed by atoms with E-state index in [1.54, 1.807) is 37.4 Å². The first-order chi connectivity index (χ1) is 16.5. The van der Waals surface area contributed by atoms with Gasteiger partial charge in [-0.15, -0.1) is 0 Å². The molecule has 1 amide bonds. The van der Waals surface area contributed by atoms with Crippen LogP contribution in [0, 0.1) is 0 Å². The molecule has 34 heavy (non-hydrogen) atoms. The second kappa shape index (κ2) is 10.7. The minimum absolute atomic E-state index is 0.124. The fourth-order valence-corrected chi connectivity index (χ4v) is 4.57. The van der Waals surface area contributed by atoms with Crippen LogP contribution in [0.2, 0.25) is 0 Å². The molecule has 1 saturated heterocycles. The summed E-state index contributed by atoms with van der Waals surface area (Å²) >= 11 is 0. The van der Waals surface area contributed by atoms with Crippen molar-refractivity contribution in [1.29, 1.82) is 0 Å². The summed E-state index contributed by atoms with van der Waals surface area (Å²) in [6.45, 7) is 5.07. The molecule has 180 valence electrons. The topological polar surface area (TPSA) is 96.4 Å². The number of nitrogens with zero attached hydrogens (tertiary/aromatic N) is 2. The third kappa shape index (κ3) is 5.39. The number of carbonyl (C=O) groups is 1. The number of rotatable bonds is 8. The number of likely N-dealkylation sites (tertiary alicyclic amines) is 1. The van der Waals surface area contributed by atoms with Gasteiger partial charge >= 0.3 is 5.69 Å². The third-order valence-corrected chi connectivity index (χ3v) is 6.57. The van der Waals surface area contributed by atoms with Crippen molar-refractivity contribution in [2.75, 3.05) is 26.7 Å². The summed E-state index contributed by atoms with van der Waals surface area (Å²) in [6, 6.07) is 12.6. The molecule has 1 aromatic heterocycles. The van der Waals surface area contributed by atoms with E-state index >= 15 is 0 Å². The fraction of sp³-hybridized carbons (Fsp3) is 0.423. The molecule has 1 aliphatic heterocycles. The lowest BCUT2D eigenvalue weighted by Crippen LogP contribution is -2.39. The van der Waals surface area contributed by atoms with E-state index < -0.39 is 11.2 Å². The molecule has 3 aromatic rings. The number of aromatic amines is 1. The van der Waals surface area contributed by atoms with Gasteiger partial charge in [0.25, 0.3) is 11.5 Å². The van der Waals surface area contributed by atoms with Crippen molar-refractivity contribution < 1.29 is 9.53 Å². The molecule has 8 nitrogen and oxygen atoms in total. The molecule has 2 aromatic carbocycles. The van der Waals surface area contributed by atoms with Gasteiger partial charge in [-0.2, -0.15) is 0 Å². The zero-order chi connectivity index (χ0) is 24.1. The molecule has 0 spiro atoms. The molecule has 4 rings (SSSR count). The van der Waals surface area contributed by atoms with Gasteiger partial charge in [0.15, 0.2) is 0 Å². The number of fused-ring (bicyclic) bond motifs is 1. The zero-order valence-electron chi connectivity index (χ0n) is 19.8. The quantitative estimate of drug-likeness (QED) is 0.500. The molecule has 0 aliphatic carbocycles. The Bertz CT molecular complexity index is 1280. The normalized spacial score (nSPS) is 16.5. The summed E-state index contributed by atoms with van der Waals surface area (Å²) in [5, 5.41) is 3.31. The summed E-state index contributed by atoms with van der Waals surface area (Å²) in [6.07, 6.45) is 4.66. The second-order valence-electron chi connectivity index (χ2n) is 8.92. The lowest BCUT2D eigenvalue weighted by molar-refractivity contribution is 0.0949. The molecule has 2 N–H and O–H groups in total. The number of carbonyl (C=O) groups excluding carboxylic acids is 1. The summed E-state index contributed by atoms with van der Waals surface area (Å²) in [5.41, 5.74) is 0.630. The van der Waals surface area contributed by atoms with Gasteiger partial charge in [-0.25, -0.2) is 4.79 Å². The third-order valence-electron chi connectivity index (χ3n) is 6.57. The molecule has 0 bridgehead atoms. The molecule has 1 unspecified atom stereocenters. The highest BCUT2D eigenvalue weighted by molar-refractivity contribution is 5.97. The molecule has 1 fully saturated rings. The van der Waals surface area contributed by atoms with E-state index in [4.69, 9.17) is 4.74 Å². The highest BCUT2D eigenvalue weighted by Gasteiger charge is 2.17. The number of ether oxygens (including phenoxy) is 1. The number of nitrogens with one attached hydrogen (secondary N) is 2. The Labute approximate surface area is 198 Å². The Morgan fingerprint density at radius 3 is 2.82 bits per heavy atom. The van der Waals surface area contributed by atoms with E-state index in [1.165, 1.54) is 19.3 Å². The SMILES string of the molecule is COc1cccc(Cn2c(=O)[nH]c3cc(C(=O)NCCCN4CCCCC4C)ccc3c2=O)c1. The van der Waals surface area contributed by atoms with Crippen LogP contribution in [0.4, 0.5) is 0 Å². The van der Waals surface area contributed by atoms with E-state index in [2.05, 4.69) is 22.1 Å². The monoisotopic (exact) mass is 464 g/mol. The first kappa shape index (κ1) is 23.8. The standard InChI is InChI=1S/C26H32N4O4/c1-18-7-3-4-13-29(18)14-6-12-27-24(31)20-10-11-22-23(16-20)28-26(33)30(25(22)32)17-19-8-5-9-21(15-19)34-2/h5,8-11,15-16,18H,3-4,6-7,12-14,17H2,1-2H3,(H,27,31)(H,28,33). The number of H-pyrrole nitrogens is 1. The minimum atomic E-state index is -0.520. The van der Waals surface area contributed by atoms with Crippen molar-refractivity contribution >= 4 is 16.8 Å². The highest BCUT2D eigenvalue weighted by Crippen LogP contribution is 2.16. The number of piperidine rings is 1. The molecule has 0 saturated carbocycles. The van der Waals surface area contributed by atoms with Gasteiger partial charge in [0.05, 0.1) is 24.6 Å². The second-order valence-corrected chi connectivity index (χ2v) is 8.92. The van der Waals surface area contributed by atoms with Crippen molar-refractivity contribution in [3.63, 3.8) is 0 Å². The van der Waals surface area contributed by atoms with E-state index in [1.807, 2.05) is 12.1 Å². The first-order valence-corrected chi connectivity index (χ1v) is 11.9. The van der Waals surface area contributed by atoms with Crippen LogP contribution in [-0.4, -0.2) is 53.1 Å². The fourth-order valence-electron chi connectivity index (χ4n) is 4.57. The average Bonchev–Trinajstić information content (AvgIpc) is 2.85. The van der Waals surface area contributed by atoms with Crippen LogP contribution in [0.5, 0.6) is 5.75 Å². The maximum Gasteiger partial charge on any atom is 0.329 e. The van der Waals surface area contributed by atoms with E-state index in [0.717, 1.165) is 29.6 Å². The number of hydrogen-bond donors (Lipinski definition) is 2. The largest absolute Gasteiger partial charge is 0.497 e. The summed E-state index contributed by atoms with van der Waals surface area (Å²) < 4.78 is 6.37. The van der Waals surface area contributed by atoms with Crippen molar-refractivity contribution in [2.24, 2.45) is 0 Å². The average molecular weight is 465 g/mol. The first-order valence-electron chi connectivity index (χ1n) is 11.9. The molecule has 0 radical (unpaired) electrons. The van der Waals surface area contributed by atoms with Crippen LogP contribution in [0.3, 0.4) is 0 Å². The molecule has 8 heteroatoms. The predicted octanol–water partition coefficient (Wildman–Crippen LogP) is 2.74. The molecule has 2 heterocycles. The zero-order valence-corrected chi connectivity index (χ0v) is 19.8. The van der Waals surface area contributed by atoms with Gasteiger partial charge in [-0.05, 0) is 68.6 Å². The Morgan fingerprint density at radius 2 is 2.03 bits per heavy atom. The molecule has 1 atom stereocenters. The maximum atomic E-state index is 13.0. The van der Waals surface area contributed by atoms with Crippen LogP contribution < -0.4 is 21.3 Å². The van der Waals surface area contributed by atoms with Gasteiger partial charge < -0.3 is 19.9 Å². The Balaban J connectivity index is 1.44. The predicted molar refractivity (Wildman–Crippen MR) is 133 cm³/mol. The van der Waals surface area contributed by atoms with Crippen molar-refractivity contribution in [3.8, 4) is 5.75 Å². The Morgan fingerprint density at radius 1 is 1.18 bits per heavy atom. The summed E-state index contributed by atoms with van der Waals surface area (Å²) in [7, 11) is 1.57. The van der Waals surface area contributed by atoms with Crippen molar-refractivity contribution in [2.45, 2.75) is 45.2 Å². The Kier molecular flexibility index (Phi) is 7.47. The number of methoxy groups -OCH3 is 1. The molecular formula is C26H32N4O4. The highest BCUT2D eigenvalue weighted by atomic mass is 16.5. The van der Waals surface area contributed by atoms with Crippen LogP contribution in [0.1, 0.15) is 48.5 Å². The lowest BCUT2D eigenvalue weighted by atomic mass is 10.0. The summed E-state index contributed by atoms with van der Waals surface area (Å²) in [4.78, 5) is 43.5. The number of amides is 1. The van der Waals surface area contributed by atoms with Crippen molar-refractivity contribution in [3.05, 3.63) is 74.4 Å². The summed E-state index contributed by atoms with van der Waals surface area (Å²) in [5.74, 6) is 0.443. The Hall–Kier alpha value is -3.39. The van der Waals surface area contributed by atoms with Gasteiger partial charge in [0, 0.05) is 24.7 Å². The molecule has 1 aliphatic rings. The van der Waals surface area contributed by atoms with Crippen LogP contribution >= 0.6 is 0 Å². The van der Waals surface area contributed by atoms with Crippen molar-refractivity contribution in [1.82, 2.24) is 19.8 Å². The lowest BCUT2D eigenvalue weighted by Gasteiger charge is -2.33. The van der Waals surface area contributed by atoms with Crippen LogP contribution in [-0.2, 0) is 6.54 Å². The number of aromatic nitrogens is 2. The van der Waals surface area contributed by atoms with Crippen LogP contribution in [0.25, 0.3) is 10.9 Å². The minimum Gasteiger partial charge on any atom is -0.497 e. The number of benzene rings is 2. The maximum absolute atomic E-state index is 13.0. The van der Waals surface area contributed by atoms with E-state index in [-0.39, 0.29) is 12.5 Å². The smallest absolute Gasteiger partial charge is 0.329 e.